The maximum Gasteiger partial charge on any atom is 0.0765 e. The van der Waals surface area contributed by atoms with E-state index >= 15 is 0 Å². The summed E-state index contributed by atoms with van der Waals surface area (Å²) < 4.78 is 4.26. The van der Waals surface area contributed by atoms with Crippen molar-refractivity contribution in [2.75, 3.05) is 6.26 Å². The summed E-state index contributed by atoms with van der Waals surface area (Å²) in [5.74, 6) is 0. The molecular weight excluding hydrogens is 166 g/mol. The zero-order chi connectivity index (χ0) is 9.56. The standard InChI is InChI=1S/C10H15NS/c1-6-7-9(4)10(8(2)3)11-12-5/h6-7H,1-2H2,3-5H3/b9-7-,11-10+. The fourth-order valence-corrected chi connectivity index (χ4v) is 1.32. The number of allylic oxidation sites excluding steroid dienone is 4. The molecule has 0 amide bonds. The lowest BCUT2D eigenvalue weighted by Crippen LogP contribution is -1.99. The molecule has 0 rings (SSSR count). The molecule has 2 heteroatoms. The molecule has 1 nitrogen and oxygen atoms in total. The Morgan fingerprint density at radius 1 is 1.42 bits per heavy atom. The van der Waals surface area contributed by atoms with Crippen molar-refractivity contribution < 1.29 is 0 Å². The Morgan fingerprint density at radius 3 is 2.33 bits per heavy atom. The maximum atomic E-state index is 4.26. The van der Waals surface area contributed by atoms with Crippen LogP contribution in [0.1, 0.15) is 13.8 Å². The summed E-state index contributed by atoms with van der Waals surface area (Å²) in [6.07, 6.45) is 5.63. The van der Waals surface area contributed by atoms with E-state index < -0.39 is 0 Å². The quantitative estimate of drug-likeness (QED) is 0.368. The van der Waals surface area contributed by atoms with Gasteiger partial charge in [0.25, 0.3) is 0 Å². The van der Waals surface area contributed by atoms with Gasteiger partial charge in [0, 0.05) is 6.26 Å². The van der Waals surface area contributed by atoms with E-state index in [-0.39, 0.29) is 0 Å². The van der Waals surface area contributed by atoms with Gasteiger partial charge in [0.2, 0.25) is 0 Å². The van der Waals surface area contributed by atoms with E-state index in [1.165, 1.54) is 11.9 Å². The van der Waals surface area contributed by atoms with Crippen molar-refractivity contribution in [1.82, 2.24) is 0 Å². The van der Waals surface area contributed by atoms with E-state index in [2.05, 4.69) is 17.6 Å². The molecule has 12 heavy (non-hydrogen) atoms. The van der Waals surface area contributed by atoms with Crippen molar-refractivity contribution in [3.63, 3.8) is 0 Å². The van der Waals surface area contributed by atoms with E-state index in [1.807, 2.05) is 26.2 Å². The SMILES string of the molecule is C=C/C=C(C)\C(=N\SC)C(=C)C. The molecule has 0 N–H and O–H groups in total. The highest BCUT2D eigenvalue weighted by Crippen LogP contribution is 2.10. The van der Waals surface area contributed by atoms with Gasteiger partial charge in [-0.1, -0.05) is 25.3 Å². The van der Waals surface area contributed by atoms with Crippen molar-refractivity contribution in [2.45, 2.75) is 13.8 Å². The van der Waals surface area contributed by atoms with Crippen molar-refractivity contribution >= 4 is 17.7 Å². The highest BCUT2D eigenvalue weighted by molar-refractivity contribution is 7.97. The largest absolute Gasteiger partial charge is 0.217 e. The Morgan fingerprint density at radius 2 is 2.00 bits per heavy atom. The smallest absolute Gasteiger partial charge is 0.0765 e. The molecule has 0 bridgehead atoms. The lowest BCUT2D eigenvalue weighted by Gasteiger charge is -2.03. The van der Waals surface area contributed by atoms with E-state index in [0.29, 0.717) is 0 Å². The topological polar surface area (TPSA) is 12.4 Å². The fraction of sp³-hybridized carbons (Fsp3) is 0.300. The van der Waals surface area contributed by atoms with Gasteiger partial charge < -0.3 is 0 Å². The summed E-state index contributed by atoms with van der Waals surface area (Å²) in [6, 6.07) is 0. The van der Waals surface area contributed by atoms with Crippen LogP contribution in [0.4, 0.5) is 0 Å². The van der Waals surface area contributed by atoms with Gasteiger partial charge in [-0.05, 0) is 36.9 Å². The molecule has 0 saturated carbocycles. The lowest BCUT2D eigenvalue weighted by molar-refractivity contribution is 1.50. The Labute approximate surface area is 79.1 Å². The van der Waals surface area contributed by atoms with Crippen LogP contribution in [0.2, 0.25) is 0 Å². The molecule has 0 atom stereocenters. The van der Waals surface area contributed by atoms with Gasteiger partial charge in [-0.15, -0.1) is 0 Å². The minimum Gasteiger partial charge on any atom is -0.217 e. The second-order valence-electron chi connectivity index (χ2n) is 2.49. The van der Waals surface area contributed by atoms with Crippen molar-refractivity contribution in [2.24, 2.45) is 4.40 Å². The predicted molar refractivity (Wildman–Crippen MR) is 59.7 cm³/mol. The van der Waals surface area contributed by atoms with Crippen LogP contribution in [0.25, 0.3) is 0 Å². The van der Waals surface area contributed by atoms with Crippen LogP contribution in [-0.4, -0.2) is 12.0 Å². The van der Waals surface area contributed by atoms with E-state index in [1.54, 1.807) is 6.08 Å². The van der Waals surface area contributed by atoms with Crippen molar-refractivity contribution in [3.8, 4) is 0 Å². The molecule has 0 radical (unpaired) electrons. The highest BCUT2D eigenvalue weighted by atomic mass is 32.2. The average Bonchev–Trinajstić information content (AvgIpc) is 1.99. The zero-order valence-electron chi connectivity index (χ0n) is 7.92. The van der Waals surface area contributed by atoms with Crippen LogP contribution in [-0.2, 0) is 0 Å². The summed E-state index contributed by atoms with van der Waals surface area (Å²) in [5, 5.41) is 0. The molecule has 0 aromatic rings. The minimum absolute atomic E-state index is 0.961. The number of nitrogens with zero attached hydrogens (tertiary/aromatic N) is 1. The normalized spacial score (nSPS) is 12.9. The van der Waals surface area contributed by atoms with Crippen molar-refractivity contribution in [1.29, 1.82) is 0 Å². The average molecular weight is 181 g/mol. The first-order chi connectivity index (χ1) is 5.63. The molecule has 0 aliphatic heterocycles. The first-order valence-electron chi connectivity index (χ1n) is 3.70. The Bertz CT molecular complexity index is 236. The number of hydrogen-bond acceptors (Lipinski definition) is 2. The molecule has 0 aliphatic carbocycles. The monoisotopic (exact) mass is 181 g/mol. The van der Waals surface area contributed by atoms with Crippen molar-refractivity contribution in [3.05, 3.63) is 36.5 Å². The second kappa shape index (κ2) is 5.84. The molecule has 0 aromatic heterocycles. The van der Waals surface area contributed by atoms with E-state index in [9.17, 15) is 0 Å². The van der Waals surface area contributed by atoms with Gasteiger partial charge >= 0.3 is 0 Å². The van der Waals surface area contributed by atoms with Crippen LogP contribution in [0, 0.1) is 0 Å². The third-order valence-corrected chi connectivity index (χ3v) is 1.69. The molecule has 0 unspecified atom stereocenters. The molecule has 0 spiro atoms. The summed E-state index contributed by atoms with van der Waals surface area (Å²) in [7, 11) is 0. The van der Waals surface area contributed by atoms with Crippen LogP contribution >= 0.6 is 11.9 Å². The van der Waals surface area contributed by atoms with E-state index in [4.69, 9.17) is 0 Å². The molecule has 0 aromatic carbocycles. The minimum atomic E-state index is 0.961. The molecule has 0 heterocycles. The molecule has 66 valence electrons. The lowest BCUT2D eigenvalue weighted by atomic mass is 10.1. The van der Waals surface area contributed by atoms with Crippen LogP contribution in [0.3, 0.4) is 0 Å². The number of rotatable bonds is 4. The molecule has 0 aliphatic rings. The summed E-state index contributed by atoms with van der Waals surface area (Å²) in [5.41, 5.74) is 3.05. The first-order valence-corrected chi connectivity index (χ1v) is 4.88. The summed E-state index contributed by atoms with van der Waals surface area (Å²) in [4.78, 5) is 0. The van der Waals surface area contributed by atoms with Gasteiger partial charge in [0.1, 0.15) is 0 Å². The Balaban J connectivity index is 4.75. The third kappa shape index (κ3) is 3.58. The molecular formula is C10H15NS. The Hall–Kier alpha value is -0.760. The Kier molecular flexibility index (Phi) is 5.47. The molecule has 0 fully saturated rings. The molecule has 0 saturated heterocycles. The van der Waals surface area contributed by atoms with Gasteiger partial charge in [-0.3, -0.25) is 0 Å². The first kappa shape index (κ1) is 11.2. The van der Waals surface area contributed by atoms with Gasteiger partial charge in [-0.25, -0.2) is 4.40 Å². The fourth-order valence-electron chi connectivity index (χ4n) is 0.834. The van der Waals surface area contributed by atoms with Crippen LogP contribution in [0.5, 0.6) is 0 Å². The third-order valence-electron chi connectivity index (χ3n) is 1.33. The zero-order valence-corrected chi connectivity index (χ0v) is 8.74. The highest BCUT2D eigenvalue weighted by Gasteiger charge is 2.00. The summed E-state index contributed by atoms with van der Waals surface area (Å²) in [6.45, 7) is 11.5. The van der Waals surface area contributed by atoms with Gasteiger partial charge in [0.15, 0.2) is 0 Å². The van der Waals surface area contributed by atoms with Gasteiger partial charge in [0.05, 0.1) is 5.71 Å². The van der Waals surface area contributed by atoms with Crippen LogP contribution in [0.15, 0.2) is 40.9 Å². The van der Waals surface area contributed by atoms with E-state index in [0.717, 1.165) is 16.9 Å². The summed E-state index contributed by atoms with van der Waals surface area (Å²) >= 11 is 1.44. The van der Waals surface area contributed by atoms with Crippen LogP contribution < -0.4 is 0 Å². The predicted octanol–water partition coefficient (Wildman–Crippen LogP) is 3.41. The second-order valence-corrected chi connectivity index (χ2v) is 3.04. The number of hydrogen-bond donors (Lipinski definition) is 0. The van der Waals surface area contributed by atoms with Gasteiger partial charge in [-0.2, -0.15) is 0 Å². The maximum absolute atomic E-state index is 4.26.